The Morgan fingerprint density at radius 3 is 2.68 bits per heavy atom. The van der Waals surface area contributed by atoms with Crippen LogP contribution in [0, 0.1) is 0 Å². The van der Waals surface area contributed by atoms with E-state index in [1.165, 1.54) is 41.8 Å². The van der Waals surface area contributed by atoms with E-state index in [4.69, 9.17) is 14.2 Å². The Hall–Kier alpha value is -2.17. The molecule has 3 rings (SSSR count). The van der Waals surface area contributed by atoms with Gasteiger partial charge in [0.1, 0.15) is 5.75 Å². The summed E-state index contributed by atoms with van der Waals surface area (Å²) >= 11 is 0. The van der Waals surface area contributed by atoms with Gasteiger partial charge in [0, 0.05) is 19.1 Å². The van der Waals surface area contributed by atoms with Crippen molar-refractivity contribution in [2.45, 2.75) is 29.9 Å². The van der Waals surface area contributed by atoms with Gasteiger partial charge >= 0.3 is 0 Å². The van der Waals surface area contributed by atoms with Crippen LogP contribution < -0.4 is 10.1 Å². The van der Waals surface area contributed by atoms with Crippen molar-refractivity contribution < 1.29 is 31.8 Å². The number of sulfonamides is 1. The fourth-order valence-electron chi connectivity index (χ4n) is 2.78. The lowest BCUT2D eigenvalue weighted by Crippen LogP contribution is -2.45. The van der Waals surface area contributed by atoms with Gasteiger partial charge in [0.15, 0.2) is 5.76 Å². The molecule has 8 nitrogen and oxygen atoms in total. The van der Waals surface area contributed by atoms with Gasteiger partial charge in [-0.25, -0.2) is 12.8 Å². The Bertz CT molecular complexity index is 823. The zero-order valence-electron chi connectivity index (χ0n) is 15.5. The molecule has 1 saturated carbocycles. The summed E-state index contributed by atoms with van der Waals surface area (Å²) < 4.78 is 54.7. The first-order valence-electron chi connectivity index (χ1n) is 8.91. The number of alkyl halides is 1. The van der Waals surface area contributed by atoms with Gasteiger partial charge in [-0.3, -0.25) is 4.79 Å². The van der Waals surface area contributed by atoms with E-state index in [2.05, 4.69) is 5.32 Å². The van der Waals surface area contributed by atoms with Crippen LogP contribution in [0.25, 0.3) is 0 Å². The van der Waals surface area contributed by atoms with E-state index in [9.17, 15) is 17.6 Å². The number of halogens is 1. The second kappa shape index (κ2) is 8.89. The second-order valence-corrected chi connectivity index (χ2v) is 8.42. The third kappa shape index (κ3) is 5.00. The lowest BCUT2D eigenvalue weighted by Gasteiger charge is -2.31. The molecule has 10 heteroatoms. The number of benzene rings is 1. The second-order valence-electron chi connectivity index (χ2n) is 6.48. The van der Waals surface area contributed by atoms with Crippen LogP contribution in [0.4, 0.5) is 4.39 Å². The standard InChI is InChI=1S/C18H23FN2O6S/c1-25-17(18(22)20-13-2-3-13)10-15-11-21(8-9-26-15)28(23,24)16-6-4-14(5-7-16)27-12-19/h4-7,10,13,15H,2-3,8-9,11-12H2,1H3,(H,20,22)/b17-10-. The molecule has 0 bridgehead atoms. The van der Waals surface area contributed by atoms with Gasteiger partial charge in [0.2, 0.25) is 16.9 Å². The minimum absolute atomic E-state index is 0.0502. The maximum Gasteiger partial charge on any atom is 0.286 e. The van der Waals surface area contributed by atoms with E-state index >= 15 is 0 Å². The highest BCUT2D eigenvalue weighted by Crippen LogP contribution is 2.23. The number of methoxy groups -OCH3 is 1. The molecule has 1 N–H and O–H groups in total. The summed E-state index contributed by atoms with van der Waals surface area (Å²) in [6.07, 6.45) is 2.78. The third-order valence-corrected chi connectivity index (χ3v) is 6.31. The van der Waals surface area contributed by atoms with Crippen molar-refractivity contribution in [3.63, 3.8) is 0 Å². The molecule has 1 aromatic carbocycles. The lowest BCUT2D eigenvalue weighted by atomic mass is 10.2. The number of rotatable bonds is 8. The zero-order chi connectivity index (χ0) is 20.1. The number of nitrogens with zero attached hydrogens (tertiary/aromatic N) is 1. The highest BCUT2D eigenvalue weighted by molar-refractivity contribution is 7.89. The predicted octanol–water partition coefficient (Wildman–Crippen LogP) is 1.19. The molecule has 1 saturated heterocycles. The van der Waals surface area contributed by atoms with Crippen molar-refractivity contribution >= 4 is 15.9 Å². The summed E-state index contributed by atoms with van der Waals surface area (Å²) in [5.74, 6) is 0.0107. The lowest BCUT2D eigenvalue weighted by molar-refractivity contribution is -0.120. The Kier molecular flexibility index (Phi) is 6.53. The summed E-state index contributed by atoms with van der Waals surface area (Å²) in [4.78, 5) is 12.2. The average molecular weight is 414 g/mol. The van der Waals surface area contributed by atoms with Gasteiger partial charge in [-0.15, -0.1) is 0 Å². The molecule has 1 atom stereocenters. The molecule has 0 spiro atoms. The maximum atomic E-state index is 12.9. The van der Waals surface area contributed by atoms with Gasteiger partial charge < -0.3 is 19.5 Å². The molecule has 0 aromatic heterocycles. The molecule has 1 aliphatic heterocycles. The van der Waals surface area contributed by atoms with E-state index in [0.717, 1.165) is 12.8 Å². The molecule has 28 heavy (non-hydrogen) atoms. The fraction of sp³-hybridized carbons (Fsp3) is 0.500. The molecule has 154 valence electrons. The van der Waals surface area contributed by atoms with Crippen LogP contribution in [0.2, 0.25) is 0 Å². The number of nitrogens with one attached hydrogen (secondary N) is 1. The molecule has 1 heterocycles. The Morgan fingerprint density at radius 1 is 1.36 bits per heavy atom. The van der Waals surface area contributed by atoms with Crippen LogP contribution in [-0.2, 0) is 24.3 Å². The summed E-state index contributed by atoms with van der Waals surface area (Å²) in [6, 6.07) is 5.71. The molecule has 0 radical (unpaired) electrons. The maximum absolute atomic E-state index is 12.9. The molecule has 1 aromatic rings. The molecule has 1 aliphatic carbocycles. The van der Waals surface area contributed by atoms with E-state index in [-0.39, 0.29) is 48.0 Å². The summed E-state index contributed by atoms with van der Waals surface area (Å²) in [7, 11) is -2.38. The molecule has 2 aliphatic rings. The van der Waals surface area contributed by atoms with Crippen molar-refractivity contribution in [3.8, 4) is 5.75 Å². The summed E-state index contributed by atoms with van der Waals surface area (Å²) in [5.41, 5.74) is 0. The van der Waals surface area contributed by atoms with Gasteiger partial charge in [0.25, 0.3) is 5.91 Å². The summed E-state index contributed by atoms with van der Waals surface area (Å²) in [6.45, 7) is -0.564. The number of amides is 1. The smallest absolute Gasteiger partial charge is 0.286 e. The Labute approximate surface area is 163 Å². The number of hydrogen-bond acceptors (Lipinski definition) is 6. The van der Waals surface area contributed by atoms with Crippen LogP contribution in [0.5, 0.6) is 5.75 Å². The molecule has 1 unspecified atom stereocenters. The number of carbonyl (C=O) groups excluding carboxylic acids is 1. The van der Waals surface area contributed by atoms with E-state index in [0.29, 0.717) is 0 Å². The predicted molar refractivity (Wildman–Crippen MR) is 97.8 cm³/mol. The van der Waals surface area contributed by atoms with Crippen LogP contribution in [0.3, 0.4) is 0 Å². The van der Waals surface area contributed by atoms with Crippen LogP contribution in [0.1, 0.15) is 12.8 Å². The first-order chi connectivity index (χ1) is 13.4. The largest absolute Gasteiger partial charge is 0.491 e. The van der Waals surface area contributed by atoms with Crippen LogP contribution in [-0.4, -0.2) is 64.4 Å². The van der Waals surface area contributed by atoms with Gasteiger partial charge in [-0.2, -0.15) is 4.31 Å². The molecule has 1 amide bonds. The monoisotopic (exact) mass is 414 g/mol. The van der Waals surface area contributed by atoms with Gasteiger partial charge in [-0.1, -0.05) is 0 Å². The van der Waals surface area contributed by atoms with E-state index in [1.54, 1.807) is 0 Å². The first-order valence-corrected chi connectivity index (χ1v) is 10.4. The van der Waals surface area contributed by atoms with Crippen molar-refractivity contribution in [2.75, 3.05) is 33.7 Å². The molecular formula is C18H23FN2O6S. The normalized spacial score (nSPS) is 21.2. The molecular weight excluding hydrogens is 391 g/mol. The SMILES string of the molecule is CO/C(=C\C1CN(S(=O)(=O)c2ccc(OCF)cc2)CCO1)C(=O)NC1CC1. The van der Waals surface area contributed by atoms with Crippen molar-refractivity contribution in [1.82, 2.24) is 9.62 Å². The van der Waals surface area contributed by atoms with Crippen LogP contribution in [0.15, 0.2) is 41.0 Å². The number of hydrogen-bond donors (Lipinski definition) is 1. The van der Waals surface area contributed by atoms with Gasteiger partial charge in [0.05, 0.1) is 24.7 Å². The van der Waals surface area contributed by atoms with Crippen LogP contribution >= 0.6 is 0 Å². The highest BCUT2D eigenvalue weighted by atomic mass is 32.2. The first kappa shape index (κ1) is 20.6. The number of morpholine rings is 1. The zero-order valence-corrected chi connectivity index (χ0v) is 16.3. The minimum atomic E-state index is -3.77. The highest BCUT2D eigenvalue weighted by Gasteiger charge is 2.31. The molecule has 2 fully saturated rings. The average Bonchev–Trinajstić information content (AvgIpc) is 3.51. The van der Waals surface area contributed by atoms with Crippen molar-refractivity contribution in [1.29, 1.82) is 0 Å². The van der Waals surface area contributed by atoms with E-state index in [1.807, 2.05) is 0 Å². The fourth-order valence-corrected chi connectivity index (χ4v) is 4.22. The summed E-state index contributed by atoms with van der Waals surface area (Å²) in [5, 5.41) is 2.82. The Morgan fingerprint density at radius 2 is 2.07 bits per heavy atom. The van der Waals surface area contributed by atoms with E-state index < -0.39 is 23.0 Å². The number of ether oxygens (including phenoxy) is 3. The minimum Gasteiger partial charge on any atom is -0.491 e. The Balaban J connectivity index is 1.70. The van der Waals surface area contributed by atoms with Crippen molar-refractivity contribution in [3.05, 3.63) is 36.1 Å². The third-order valence-electron chi connectivity index (χ3n) is 4.43. The quantitative estimate of drug-likeness (QED) is 0.507. The van der Waals surface area contributed by atoms with Gasteiger partial charge in [-0.05, 0) is 43.2 Å². The van der Waals surface area contributed by atoms with Crippen molar-refractivity contribution in [2.24, 2.45) is 0 Å². The topological polar surface area (TPSA) is 94.2 Å². The number of carbonyl (C=O) groups is 1.